The van der Waals surface area contributed by atoms with Gasteiger partial charge >= 0.3 is 0 Å². The van der Waals surface area contributed by atoms with Crippen molar-refractivity contribution in [2.75, 3.05) is 0 Å². The number of hydrogen-bond acceptors (Lipinski definition) is 4. The number of rotatable bonds is 3. The molecule has 0 atom stereocenters. The van der Waals surface area contributed by atoms with Crippen LogP contribution in [0.4, 0.5) is 0 Å². The Bertz CT molecular complexity index is 1060. The van der Waals surface area contributed by atoms with Gasteiger partial charge in [0.05, 0.1) is 47.7 Å². The van der Waals surface area contributed by atoms with Crippen LogP contribution in [-0.4, -0.2) is 34.6 Å². The lowest BCUT2D eigenvalue weighted by molar-refractivity contribution is 0.405. The lowest BCUT2D eigenvalue weighted by Gasteiger charge is -2.14. The molecule has 1 saturated carbocycles. The number of nitrogens with one attached hydrogen (secondary N) is 1. The van der Waals surface area contributed by atoms with E-state index in [4.69, 9.17) is 4.98 Å². The zero-order valence-electron chi connectivity index (χ0n) is 15.5. The summed E-state index contributed by atoms with van der Waals surface area (Å²) in [6.07, 6.45) is 17.4. The minimum atomic E-state index is 0.501. The van der Waals surface area contributed by atoms with Crippen molar-refractivity contribution in [1.82, 2.24) is 34.6 Å². The number of aromatic amines is 1. The highest BCUT2D eigenvalue weighted by Crippen LogP contribution is 2.30. The lowest BCUT2D eigenvalue weighted by atomic mass is 10.1. The molecular weight excluding hydrogens is 338 g/mol. The van der Waals surface area contributed by atoms with Crippen molar-refractivity contribution in [2.45, 2.75) is 51.5 Å². The number of H-pyrrole nitrogens is 1. The molecule has 7 nitrogen and oxygen atoms in total. The Morgan fingerprint density at radius 3 is 2.67 bits per heavy atom. The molecule has 4 aromatic rings. The first-order valence-corrected chi connectivity index (χ1v) is 9.69. The first-order valence-electron chi connectivity index (χ1n) is 9.69. The summed E-state index contributed by atoms with van der Waals surface area (Å²) in [7, 11) is 0. The number of aryl methyl sites for hydroxylation is 1. The third kappa shape index (κ3) is 2.93. The maximum absolute atomic E-state index is 4.95. The molecule has 4 heterocycles. The number of nitrogens with zero attached hydrogens (tertiary/aromatic N) is 6. The van der Waals surface area contributed by atoms with E-state index in [-0.39, 0.29) is 0 Å². The van der Waals surface area contributed by atoms with Gasteiger partial charge in [-0.25, -0.2) is 9.50 Å². The SMILES string of the molecule is Cc1[nH]ncc1-c1cn2nccc2c(-c2cnn(C3CCCCCC3)c2)n1. The van der Waals surface area contributed by atoms with Gasteiger partial charge in [0.2, 0.25) is 0 Å². The van der Waals surface area contributed by atoms with E-state index < -0.39 is 0 Å². The molecule has 0 saturated heterocycles. The molecule has 1 aliphatic rings. The number of fused-ring (bicyclic) bond motifs is 1. The van der Waals surface area contributed by atoms with Crippen molar-refractivity contribution >= 4 is 5.52 Å². The van der Waals surface area contributed by atoms with E-state index in [2.05, 4.69) is 31.3 Å². The molecule has 1 N–H and O–H groups in total. The van der Waals surface area contributed by atoms with Crippen molar-refractivity contribution in [3.8, 4) is 22.5 Å². The van der Waals surface area contributed by atoms with Crippen molar-refractivity contribution < 1.29 is 0 Å². The third-order valence-corrected chi connectivity index (χ3v) is 5.57. The van der Waals surface area contributed by atoms with E-state index in [9.17, 15) is 0 Å². The van der Waals surface area contributed by atoms with Crippen LogP contribution in [-0.2, 0) is 0 Å². The zero-order chi connectivity index (χ0) is 18.2. The summed E-state index contributed by atoms with van der Waals surface area (Å²) >= 11 is 0. The van der Waals surface area contributed by atoms with E-state index in [1.807, 2.05) is 42.3 Å². The van der Waals surface area contributed by atoms with Gasteiger partial charge in [0.25, 0.3) is 0 Å². The van der Waals surface area contributed by atoms with Crippen molar-refractivity contribution in [1.29, 1.82) is 0 Å². The number of aromatic nitrogens is 7. The lowest BCUT2D eigenvalue weighted by Crippen LogP contribution is -2.08. The van der Waals surface area contributed by atoms with Gasteiger partial charge in [0.15, 0.2) is 0 Å². The maximum Gasteiger partial charge on any atom is 0.0999 e. The summed E-state index contributed by atoms with van der Waals surface area (Å²) in [5, 5.41) is 16.2. The summed E-state index contributed by atoms with van der Waals surface area (Å²) in [5.74, 6) is 0. The van der Waals surface area contributed by atoms with Gasteiger partial charge < -0.3 is 0 Å². The fourth-order valence-corrected chi connectivity index (χ4v) is 4.06. The van der Waals surface area contributed by atoms with Crippen LogP contribution in [0.5, 0.6) is 0 Å². The van der Waals surface area contributed by atoms with Crippen LogP contribution in [0, 0.1) is 6.92 Å². The molecule has 1 aliphatic carbocycles. The Balaban J connectivity index is 1.58. The predicted molar refractivity (Wildman–Crippen MR) is 103 cm³/mol. The minimum absolute atomic E-state index is 0.501. The fourth-order valence-electron chi connectivity index (χ4n) is 4.06. The first kappa shape index (κ1) is 16.2. The highest BCUT2D eigenvalue weighted by Gasteiger charge is 2.18. The second kappa shape index (κ2) is 6.64. The summed E-state index contributed by atoms with van der Waals surface area (Å²) in [6, 6.07) is 2.50. The summed E-state index contributed by atoms with van der Waals surface area (Å²) in [4.78, 5) is 4.95. The largest absolute Gasteiger partial charge is 0.282 e. The summed E-state index contributed by atoms with van der Waals surface area (Å²) in [5.41, 5.74) is 5.77. The Morgan fingerprint density at radius 1 is 1.04 bits per heavy atom. The molecule has 0 unspecified atom stereocenters. The molecule has 7 heteroatoms. The quantitative estimate of drug-likeness (QED) is 0.555. The molecule has 0 radical (unpaired) electrons. The normalized spacial score (nSPS) is 16.0. The van der Waals surface area contributed by atoms with Crippen LogP contribution in [0.25, 0.3) is 28.0 Å². The van der Waals surface area contributed by atoms with Crippen LogP contribution in [0.2, 0.25) is 0 Å². The number of hydrogen-bond donors (Lipinski definition) is 1. The Kier molecular flexibility index (Phi) is 3.99. The van der Waals surface area contributed by atoms with Crippen LogP contribution in [0.15, 0.2) is 37.1 Å². The average Bonchev–Trinajstić information content (AvgIpc) is 3.39. The minimum Gasteiger partial charge on any atom is -0.282 e. The average molecular weight is 361 g/mol. The zero-order valence-corrected chi connectivity index (χ0v) is 15.5. The van der Waals surface area contributed by atoms with Gasteiger partial charge in [-0.2, -0.15) is 15.3 Å². The van der Waals surface area contributed by atoms with Crippen LogP contribution < -0.4 is 0 Å². The highest BCUT2D eigenvalue weighted by molar-refractivity contribution is 5.78. The standard InChI is InChI=1S/C20H23N7/c1-14-17(11-21-25-14)18-13-27-19(8-9-22-27)20(24-18)15-10-23-26(12-15)16-6-4-2-3-5-7-16/h8-13,16H,2-7H2,1H3,(H,21,25). The monoisotopic (exact) mass is 361 g/mol. The van der Waals surface area contributed by atoms with E-state index >= 15 is 0 Å². The molecule has 27 heavy (non-hydrogen) atoms. The molecular formula is C20H23N7. The topological polar surface area (TPSA) is 76.7 Å². The predicted octanol–water partition coefficient (Wildman–Crippen LogP) is 4.19. The van der Waals surface area contributed by atoms with E-state index in [1.165, 1.54) is 38.5 Å². The Morgan fingerprint density at radius 2 is 1.89 bits per heavy atom. The van der Waals surface area contributed by atoms with Crippen LogP contribution in [0.1, 0.15) is 50.3 Å². The third-order valence-electron chi connectivity index (χ3n) is 5.57. The van der Waals surface area contributed by atoms with Gasteiger partial charge in [-0.1, -0.05) is 25.7 Å². The summed E-state index contributed by atoms with van der Waals surface area (Å²) in [6.45, 7) is 2.00. The van der Waals surface area contributed by atoms with E-state index in [0.29, 0.717) is 6.04 Å². The molecule has 4 aromatic heterocycles. The molecule has 5 rings (SSSR count). The van der Waals surface area contributed by atoms with Crippen LogP contribution >= 0.6 is 0 Å². The Hall–Kier alpha value is -2.96. The van der Waals surface area contributed by atoms with Crippen LogP contribution in [0.3, 0.4) is 0 Å². The molecule has 138 valence electrons. The summed E-state index contributed by atoms with van der Waals surface area (Å²) < 4.78 is 4.03. The molecule has 0 aromatic carbocycles. The van der Waals surface area contributed by atoms with Gasteiger partial charge in [0.1, 0.15) is 0 Å². The van der Waals surface area contributed by atoms with Gasteiger partial charge in [-0.05, 0) is 25.8 Å². The molecule has 0 amide bonds. The van der Waals surface area contributed by atoms with Crippen molar-refractivity contribution in [3.05, 3.63) is 42.7 Å². The Labute approximate surface area is 157 Å². The second-order valence-electron chi connectivity index (χ2n) is 7.40. The molecule has 0 bridgehead atoms. The molecule has 1 fully saturated rings. The van der Waals surface area contributed by atoms with Crippen molar-refractivity contribution in [3.63, 3.8) is 0 Å². The first-order chi connectivity index (χ1) is 13.3. The van der Waals surface area contributed by atoms with E-state index in [0.717, 1.165) is 33.7 Å². The maximum atomic E-state index is 4.95. The molecule has 0 aliphatic heterocycles. The fraction of sp³-hybridized carbons (Fsp3) is 0.400. The smallest absolute Gasteiger partial charge is 0.0999 e. The van der Waals surface area contributed by atoms with Gasteiger partial charge in [0, 0.05) is 23.0 Å². The molecule has 0 spiro atoms. The van der Waals surface area contributed by atoms with Gasteiger partial charge in [-0.15, -0.1) is 0 Å². The van der Waals surface area contributed by atoms with Crippen molar-refractivity contribution in [2.24, 2.45) is 0 Å². The highest BCUT2D eigenvalue weighted by atomic mass is 15.3. The second-order valence-corrected chi connectivity index (χ2v) is 7.40. The van der Waals surface area contributed by atoms with E-state index in [1.54, 1.807) is 0 Å². The van der Waals surface area contributed by atoms with Gasteiger partial charge in [-0.3, -0.25) is 9.78 Å².